The molecular weight excluding hydrogens is 435 g/mol. The molecule has 0 atom stereocenters. The number of rotatable bonds is 4. The summed E-state index contributed by atoms with van der Waals surface area (Å²) in [4.78, 5) is 4.64. The number of halogens is 2. The topological polar surface area (TPSA) is 49.0 Å². The lowest BCUT2D eigenvalue weighted by Crippen LogP contribution is -2.43. The summed E-state index contributed by atoms with van der Waals surface area (Å²) in [5, 5.41) is 7.88. The molecule has 0 aliphatic carbocycles. The Morgan fingerprint density at radius 3 is 1.87 bits per heavy atom. The number of aryl methyl sites for hydroxylation is 1. The second-order valence-electron chi connectivity index (χ2n) is 7.56. The van der Waals surface area contributed by atoms with Gasteiger partial charge in [0.1, 0.15) is 11.5 Å². The first kappa shape index (κ1) is 23.8. The third-order valence-electron chi connectivity index (χ3n) is 5.55. The van der Waals surface area contributed by atoms with Crippen LogP contribution in [0.4, 0.5) is 11.4 Å². The van der Waals surface area contributed by atoms with Gasteiger partial charge in [0.2, 0.25) is 0 Å². The zero-order valence-electron chi connectivity index (χ0n) is 18.5. The Morgan fingerprint density at radius 2 is 1.32 bits per heavy atom. The third kappa shape index (κ3) is 6.32. The van der Waals surface area contributed by atoms with Crippen LogP contribution in [0.3, 0.4) is 0 Å². The molecule has 170 valence electrons. The van der Waals surface area contributed by atoms with Gasteiger partial charge in [-0.2, -0.15) is 0 Å². The Morgan fingerprint density at radius 1 is 0.742 bits per heavy atom. The fourth-order valence-electron chi connectivity index (χ4n) is 3.79. The van der Waals surface area contributed by atoms with Crippen molar-refractivity contribution in [2.45, 2.75) is 6.92 Å². The second kappa shape index (κ2) is 11.7. The molecule has 2 aromatic carbocycles. The standard InChI is InChI=1S/C12H18N2O.C11H14Cl2N2O/c1-10-3-4-11(15-2)9-12(10)14-7-5-13-6-8-14;1-16-11-7-10(8(12)6-9(11)13)15-4-2-14-3-5-15/h3-4,9,13H,5-8H2,1-2H3;6-7,14H,2-5H2,1H3. The number of nitrogens with one attached hydrogen (secondary N) is 2. The molecule has 6 nitrogen and oxygen atoms in total. The molecule has 2 aliphatic heterocycles. The summed E-state index contributed by atoms with van der Waals surface area (Å²) in [6.07, 6.45) is 0. The average Bonchev–Trinajstić information content (AvgIpc) is 2.81. The van der Waals surface area contributed by atoms with Crippen LogP contribution in [0.2, 0.25) is 10.0 Å². The van der Waals surface area contributed by atoms with E-state index in [9.17, 15) is 0 Å². The third-order valence-corrected chi connectivity index (χ3v) is 6.15. The molecule has 0 saturated carbocycles. The molecule has 2 N–H and O–H groups in total. The number of methoxy groups -OCH3 is 2. The average molecular weight is 467 g/mol. The molecule has 4 rings (SSSR count). The molecule has 0 radical (unpaired) electrons. The molecule has 31 heavy (non-hydrogen) atoms. The van der Waals surface area contributed by atoms with Gasteiger partial charge in [-0.05, 0) is 24.6 Å². The van der Waals surface area contributed by atoms with E-state index < -0.39 is 0 Å². The van der Waals surface area contributed by atoms with E-state index in [2.05, 4.69) is 39.5 Å². The van der Waals surface area contributed by atoms with E-state index in [4.69, 9.17) is 32.7 Å². The number of hydrogen-bond acceptors (Lipinski definition) is 6. The molecule has 2 heterocycles. The number of hydrogen-bond donors (Lipinski definition) is 2. The molecule has 0 bridgehead atoms. The van der Waals surface area contributed by atoms with Crippen molar-refractivity contribution in [3.8, 4) is 11.5 Å². The fourth-order valence-corrected chi connectivity index (χ4v) is 4.37. The van der Waals surface area contributed by atoms with Gasteiger partial charge < -0.3 is 29.9 Å². The first-order valence-electron chi connectivity index (χ1n) is 10.6. The van der Waals surface area contributed by atoms with Crippen molar-refractivity contribution in [2.75, 3.05) is 76.4 Å². The SMILES string of the molecule is COc1cc(N2CCNCC2)c(Cl)cc1Cl.COc1ccc(C)c(N2CCNCC2)c1. The van der Waals surface area contributed by atoms with E-state index in [-0.39, 0.29) is 0 Å². The van der Waals surface area contributed by atoms with Crippen LogP contribution in [0.15, 0.2) is 30.3 Å². The maximum atomic E-state index is 6.19. The van der Waals surface area contributed by atoms with E-state index in [1.165, 1.54) is 11.3 Å². The molecular formula is C23H32Cl2N4O2. The number of nitrogens with zero attached hydrogens (tertiary/aromatic N) is 2. The van der Waals surface area contributed by atoms with Crippen molar-refractivity contribution >= 4 is 34.6 Å². The van der Waals surface area contributed by atoms with E-state index >= 15 is 0 Å². The van der Waals surface area contributed by atoms with Crippen LogP contribution >= 0.6 is 23.2 Å². The Hall–Kier alpha value is -1.86. The molecule has 2 aromatic rings. The summed E-state index contributed by atoms with van der Waals surface area (Å²) < 4.78 is 10.5. The van der Waals surface area contributed by atoms with E-state index in [0.29, 0.717) is 15.8 Å². The predicted molar refractivity (Wildman–Crippen MR) is 131 cm³/mol. The van der Waals surface area contributed by atoms with Gasteiger partial charge in [0.05, 0.1) is 30.0 Å². The van der Waals surface area contributed by atoms with Crippen LogP contribution in [0.5, 0.6) is 11.5 Å². The zero-order chi connectivity index (χ0) is 22.2. The Balaban J connectivity index is 0.000000176. The molecule has 0 spiro atoms. The molecule has 2 aliphatic rings. The lowest BCUT2D eigenvalue weighted by molar-refractivity contribution is 0.414. The minimum absolute atomic E-state index is 0.548. The zero-order valence-corrected chi connectivity index (χ0v) is 20.0. The molecule has 0 amide bonds. The fraction of sp³-hybridized carbons (Fsp3) is 0.478. The van der Waals surface area contributed by atoms with Crippen molar-refractivity contribution in [3.63, 3.8) is 0 Å². The van der Waals surface area contributed by atoms with Gasteiger partial charge in [-0.1, -0.05) is 29.3 Å². The second-order valence-corrected chi connectivity index (χ2v) is 8.38. The highest BCUT2D eigenvalue weighted by atomic mass is 35.5. The summed E-state index contributed by atoms with van der Waals surface area (Å²) in [7, 11) is 3.32. The quantitative estimate of drug-likeness (QED) is 0.713. The van der Waals surface area contributed by atoms with Crippen molar-refractivity contribution in [3.05, 3.63) is 45.9 Å². The predicted octanol–water partition coefficient (Wildman–Crippen LogP) is 3.82. The monoisotopic (exact) mass is 466 g/mol. The molecule has 0 aromatic heterocycles. The van der Waals surface area contributed by atoms with E-state index in [0.717, 1.165) is 63.8 Å². The van der Waals surface area contributed by atoms with Crippen molar-refractivity contribution in [1.82, 2.24) is 10.6 Å². The lowest BCUT2D eigenvalue weighted by atomic mass is 10.1. The van der Waals surface area contributed by atoms with Crippen LogP contribution in [0.1, 0.15) is 5.56 Å². The number of ether oxygens (including phenoxy) is 2. The van der Waals surface area contributed by atoms with Crippen LogP contribution in [-0.2, 0) is 0 Å². The summed E-state index contributed by atoms with van der Waals surface area (Å²) >= 11 is 12.2. The lowest BCUT2D eigenvalue weighted by Gasteiger charge is -2.30. The summed E-state index contributed by atoms with van der Waals surface area (Å²) in [5.74, 6) is 1.61. The van der Waals surface area contributed by atoms with E-state index in [1.54, 1.807) is 20.3 Å². The van der Waals surface area contributed by atoms with Gasteiger partial charge >= 0.3 is 0 Å². The molecule has 2 saturated heterocycles. The maximum absolute atomic E-state index is 6.19. The Labute approximate surface area is 195 Å². The Kier molecular flexibility index (Phi) is 8.96. The van der Waals surface area contributed by atoms with Crippen molar-refractivity contribution in [1.29, 1.82) is 0 Å². The summed E-state index contributed by atoms with van der Waals surface area (Å²) in [5.41, 5.74) is 3.61. The minimum Gasteiger partial charge on any atom is -0.497 e. The van der Waals surface area contributed by atoms with Gasteiger partial charge in [0, 0.05) is 70.2 Å². The van der Waals surface area contributed by atoms with Crippen molar-refractivity contribution in [2.24, 2.45) is 0 Å². The van der Waals surface area contributed by atoms with Gasteiger partial charge in [-0.25, -0.2) is 0 Å². The van der Waals surface area contributed by atoms with Crippen LogP contribution < -0.4 is 29.9 Å². The molecule has 8 heteroatoms. The van der Waals surface area contributed by atoms with Gasteiger partial charge in [0.25, 0.3) is 0 Å². The number of piperazine rings is 2. The molecule has 0 unspecified atom stereocenters. The van der Waals surface area contributed by atoms with Gasteiger partial charge in [-0.15, -0.1) is 0 Å². The Bertz CT molecular complexity index is 854. The van der Waals surface area contributed by atoms with Gasteiger partial charge in [-0.3, -0.25) is 0 Å². The number of anilines is 2. The first-order valence-corrected chi connectivity index (χ1v) is 11.4. The van der Waals surface area contributed by atoms with Crippen LogP contribution in [-0.4, -0.2) is 66.6 Å². The first-order chi connectivity index (χ1) is 15.0. The van der Waals surface area contributed by atoms with Gasteiger partial charge in [0.15, 0.2) is 0 Å². The smallest absolute Gasteiger partial charge is 0.139 e. The highest BCUT2D eigenvalue weighted by Gasteiger charge is 2.16. The summed E-state index contributed by atoms with van der Waals surface area (Å²) in [6, 6.07) is 9.90. The maximum Gasteiger partial charge on any atom is 0.139 e. The summed E-state index contributed by atoms with van der Waals surface area (Å²) in [6.45, 7) is 10.3. The highest BCUT2D eigenvalue weighted by molar-refractivity contribution is 6.37. The van der Waals surface area contributed by atoms with Crippen molar-refractivity contribution < 1.29 is 9.47 Å². The van der Waals surface area contributed by atoms with Crippen LogP contribution in [0.25, 0.3) is 0 Å². The van der Waals surface area contributed by atoms with E-state index in [1.807, 2.05) is 12.1 Å². The normalized spacial score (nSPS) is 16.4. The highest BCUT2D eigenvalue weighted by Crippen LogP contribution is 2.36. The largest absolute Gasteiger partial charge is 0.497 e. The minimum atomic E-state index is 0.548. The van der Waals surface area contributed by atoms with Crippen LogP contribution in [0, 0.1) is 6.92 Å². The number of benzene rings is 2. The molecule has 2 fully saturated rings.